The summed E-state index contributed by atoms with van der Waals surface area (Å²) in [5.74, 6) is -0.155. The Bertz CT molecular complexity index is 692. The molecular formula is C16H14FN3. The Morgan fingerprint density at radius 2 is 1.80 bits per heavy atom. The molecule has 0 aliphatic carbocycles. The van der Waals surface area contributed by atoms with E-state index >= 15 is 0 Å². The molecule has 0 aliphatic rings. The van der Waals surface area contributed by atoms with Crippen molar-refractivity contribution in [3.63, 3.8) is 0 Å². The number of imidazole rings is 1. The second-order valence-electron chi connectivity index (χ2n) is 4.55. The molecule has 0 amide bonds. The van der Waals surface area contributed by atoms with Crippen LogP contribution in [-0.2, 0) is 13.0 Å². The summed E-state index contributed by atoms with van der Waals surface area (Å²) in [5, 5.41) is 0. The first-order valence-electron chi connectivity index (χ1n) is 6.49. The van der Waals surface area contributed by atoms with Crippen LogP contribution in [0.4, 0.5) is 4.39 Å². The highest BCUT2D eigenvalue weighted by molar-refractivity contribution is 5.52. The van der Waals surface area contributed by atoms with Gasteiger partial charge >= 0.3 is 0 Å². The van der Waals surface area contributed by atoms with Crippen LogP contribution in [0.25, 0.3) is 11.4 Å². The zero-order chi connectivity index (χ0) is 13.8. The van der Waals surface area contributed by atoms with Crippen molar-refractivity contribution in [1.82, 2.24) is 14.5 Å². The third-order valence-electron chi connectivity index (χ3n) is 3.16. The molecule has 4 heteroatoms. The maximum atomic E-state index is 13.5. The highest BCUT2D eigenvalue weighted by Gasteiger charge is 2.04. The van der Waals surface area contributed by atoms with Gasteiger partial charge in [-0.05, 0) is 30.2 Å². The molecule has 2 heterocycles. The lowest BCUT2D eigenvalue weighted by atomic mass is 10.1. The molecule has 0 spiro atoms. The number of aryl methyl sites for hydroxylation is 2. The molecule has 3 aromatic rings. The van der Waals surface area contributed by atoms with Gasteiger partial charge in [0.2, 0.25) is 0 Å². The molecular weight excluding hydrogens is 253 g/mol. The van der Waals surface area contributed by atoms with Crippen molar-refractivity contribution in [1.29, 1.82) is 0 Å². The molecule has 20 heavy (non-hydrogen) atoms. The van der Waals surface area contributed by atoms with Crippen LogP contribution in [0, 0.1) is 5.82 Å². The van der Waals surface area contributed by atoms with Crippen LogP contribution in [0.2, 0.25) is 0 Å². The zero-order valence-corrected chi connectivity index (χ0v) is 10.9. The Labute approximate surface area is 116 Å². The third kappa shape index (κ3) is 2.74. The lowest BCUT2D eigenvalue weighted by molar-refractivity contribution is 0.593. The van der Waals surface area contributed by atoms with E-state index in [4.69, 9.17) is 0 Å². The van der Waals surface area contributed by atoms with Crippen LogP contribution in [0.3, 0.4) is 0 Å². The maximum Gasteiger partial charge on any atom is 0.126 e. The van der Waals surface area contributed by atoms with Gasteiger partial charge in [-0.3, -0.25) is 4.98 Å². The van der Waals surface area contributed by atoms with Crippen LogP contribution in [0.5, 0.6) is 0 Å². The molecule has 3 nitrogen and oxygen atoms in total. The molecule has 0 bridgehead atoms. The molecule has 0 atom stereocenters. The largest absolute Gasteiger partial charge is 0.336 e. The fourth-order valence-electron chi connectivity index (χ4n) is 2.08. The Morgan fingerprint density at radius 3 is 2.60 bits per heavy atom. The van der Waals surface area contributed by atoms with Gasteiger partial charge in [0, 0.05) is 18.9 Å². The Morgan fingerprint density at radius 1 is 0.950 bits per heavy atom. The number of benzene rings is 1. The summed E-state index contributed by atoms with van der Waals surface area (Å²) in [7, 11) is 0. The fourth-order valence-corrected chi connectivity index (χ4v) is 2.08. The van der Waals surface area contributed by atoms with Crippen molar-refractivity contribution in [2.45, 2.75) is 13.0 Å². The normalized spacial score (nSPS) is 10.7. The summed E-state index contributed by atoms with van der Waals surface area (Å²) in [6.45, 7) is 0.695. The van der Waals surface area contributed by atoms with Gasteiger partial charge in [-0.1, -0.05) is 24.3 Å². The molecule has 0 N–H and O–H groups in total. The monoisotopic (exact) mass is 267 g/mol. The van der Waals surface area contributed by atoms with E-state index in [0.29, 0.717) is 13.0 Å². The van der Waals surface area contributed by atoms with E-state index in [9.17, 15) is 4.39 Å². The van der Waals surface area contributed by atoms with E-state index in [1.54, 1.807) is 18.6 Å². The predicted octanol–water partition coefficient (Wildman–Crippen LogP) is 3.33. The van der Waals surface area contributed by atoms with Gasteiger partial charge in [0.1, 0.15) is 11.5 Å². The van der Waals surface area contributed by atoms with Crippen LogP contribution in [0.15, 0.2) is 61.2 Å². The van der Waals surface area contributed by atoms with Gasteiger partial charge in [0.25, 0.3) is 0 Å². The molecule has 0 saturated heterocycles. The number of rotatable bonds is 4. The highest BCUT2D eigenvalue weighted by atomic mass is 19.1. The minimum Gasteiger partial charge on any atom is -0.336 e. The highest BCUT2D eigenvalue weighted by Crippen LogP contribution is 2.14. The predicted molar refractivity (Wildman–Crippen MR) is 75.6 cm³/mol. The summed E-state index contributed by atoms with van der Waals surface area (Å²) in [6, 6.07) is 12.6. The first-order chi connectivity index (χ1) is 9.83. The van der Waals surface area contributed by atoms with Gasteiger partial charge in [0.05, 0.1) is 12.0 Å². The quantitative estimate of drug-likeness (QED) is 0.726. The van der Waals surface area contributed by atoms with Crippen molar-refractivity contribution in [3.8, 4) is 11.4 Å². The van der Waals surface area contributed by atoms with Crippen LogP contribution < -0.4 is 0 Å². The lowest BCUT2D eigenvalue weighted by Gasteiger charge is -2.03. The second kappa shape index (κ2) is 5.65. The summed E-state index contributed by atoms with van der Waals surface area (Å²) in [5.41, 5.74) is 2.40. The molecule has 0 unspecified atom stereocenters. The van der Waals surface area contributed by atoms with Gasteiger partial charge in [-0.25, -0.2) is 9.37 Å². The van der Waals surface area contributed by atoms with E-state index in [1.165, 1.54) is 6.07 Å². The van der Waals surface area contributed by atoms with Gasteiger partial charge in [-0.2, -0.15) is 0 Å². The molecule has 1 aromatic carbocycles. The molecule has 0 saturated carbocycles. The topological polar surface area (TPSA) is 30.7 Å². The molecule has 100 valence electrons. The van der Waals surface area contributed by atoms with Gasteiger partial charge in [0.15, 0.2) is 0 Å². The molecule has 3 rings (SSSR count). The van der Waals surface area contributed by atoms with Crippen LogP contribution >= 0.6 is 0 Å². The van der Waals surface area contributed by atoms with E-state index in [1.807, 2.05) is 41.1 Å². The van der Waals surface area contributed by atoms with E-state index in [0.717, 1.165) is 17.0 Å². The third-order valence-corrected chi connectivity index (χ3v) is 3.16. The molecule has 0 aliphatic heterocycles. The average Bonchev–Trinajstić information content (AvgIpc) is 2.96. The van der Waals surface area contributed by atoms with Crippen LogP contribution in [-0.4, -0.2) is 14.5 Å². The average molecular weight is 267 g/mol. The van der Waals surface area contributed by atoms with Gasteiger partial charge in [-0.15, -0.1) is 0 Å². The number of pyridine rings is 1. The smallest absolute Gasteiger partial charge is 0.126 e. The zero-order valence-electron chi connectivity index (χ0n) is 10.9. The number of hydrogen-bond acceptors (Lipinski definition) is 2. The minimum absolute atomic E-state index is 0.155. The van der Waals surface area contributed by atoms with E-state index in [-0.39, 0.29) is 5.82 Å². The molecule has 0 fully saturated rings. The van der Waals surface area contributed by atoms with E-state index in [2.05, 4.69) is 9.97 Å². The SMILES string of the molecule is Fc1ccccc1CCn1cnc(-c2ccccn2)c1. The minimum atomic E-state index is -0.155. The van der Waals surface area contributed by atoms with Crippen molar-refractivity contribution in [3.05, 3.63) is 72.6 Å². The molecule has 2 aromatic heterocycles. The number of nitrogens with zero attached hydrogens (tertiary/aromatic N) is 3. The maximum absolute atomic E-state index is 13.5. The lowest BCUT2D eigenvalue weighted by Crippen LogP contribution is -2.00. The number of halogens is 1. The van der Waals surface area contributed by atoms with E-state index < -0.39 is 0 Å². The van der Waals surface area contributed by atoms with Crippen molar-refractivity contribution in [2.24, 2.45) is 0 Å². The Kier molecular flexibility index (Phi) is 3.54. The molecule has 0 radical (unpaired) electrons. The standard InChI is InChI=1S/C16H14FN3/c17-14-6-2-1-5-13(14)8-10-20-11-16(19-12-20)15-7-3-4-9-18-15/h1-7,9,11-12H,8,10H2. The first-order valence-corrected chi connectivity index (χ1v) is 6.49. The van der Waals surface area contributed by atoms with Crippen LogP contribution in [0.1, 0.15) is 5.56 Å². The fraction of sp³-hybridized carbons (Fsp3) is 0.125. The first kappa shape index (κ1) is 12.5. The van der Waals surface area contributed by atoms with Gasteiger partial charge < -0.3 is 4.57 Å². The Balaban J connectivity index is 1.71. The summed E-state index contributed by atoms with van der Waals surface area (Å²) in [4.78, 5) is 8.59. The number of aromatic nitrogens is 3. The summed E-state index contributed by atoms with van der Waals surface area (Å²) in [6.07, 6.45) is 6.08. The summed E-state index contributed by atoms with van der Waals surface area (Å²) >= 11 is 0. The van der Waals surface area contributed by atoms with Crippen molar-refractivity contribution in [2.75, 3.05) is 0 Å². The summed E-state index contributed by atoms with van der Waals surface area (Å²) < 4.78 is 15.5. The second-order valence-corrected chi connectivity index (χ2v) is 4.55. The van der Waals surface area contributed by atoms with Crippen molar-refractivity contribution < 1.29 is 4.39 Å². The Hall–Kier alpha value is -2.49. The van der Waals surface area contributed by atoms with Crippen molar-refractivity contribution >= 4 is 0 Å². The number of hydrogen-bond donors (Lipinski definition) is 0.